The predicted molar refractivity (Wildman–Crippen MR) is 175 cm³/mol. The molecule has 0 amide bonds. The Kier molecular flexibility index (Phi) is 19.5. The van der Waals surface area contributed by atoms with Crippen LogP contribution in [0.4, 0.5) is 0 Å². The van der Waals surface area contributed by atoms with E-state index in [-0.39, 0.29) is 38.5 Å². The van der Waals surface area contributed by atoms with Crippen LogP contribution in [0, 0.1) is 0 Å². The summed E-state index contributed by atoms with van der Waals surface area (Å²) in [5.41, 5.74) is 0. The average molecular weight is 693 g/mol. The summed E-state index contributed by atoms with van der Waals surface area (Å²) in [7, 11) is 17.0. The largest absolute Gasteiger partial charge is 0.461 e. The van der Waals surface area contributed by atoms with Crippen LogP contribution in [0.1, 0.15) is 59.3 Å². The summed E-state index contributed by atoms with van der Waals surface area (Å²) in [6, 6.07) is 0. The monoisotopic (exact) mass is 692 g/mol. The highest BCUT2D eigenvalue weighted by Gasteiger charge is 2.30. The molecule has 0 rings (SSSR count). The van der Waals surface area contributed by atoms with E-state index in [1.54, 1.807) is 20.8 Å². The summed E-state index contributed by atoms with van der Waals surface area (Å²) in [5, 5.41) is 0. The number of ether oxygens (including phenoxy) is 6. The Morgan fingerprint density at radius 1 is 0.396 bits per heavy atom. The maximum Gasteiger partial charge on any atom is 0.310 e. The molecule has 0 aliphatic rings. The minimum atomic E-state index is -1.21. The van der Waals surface area contributed by atoms with Crippen LogP contribution in [0.3, 0.4) is 0 Å². The van der Waals surface area contributed by atoms with Crippen LogP contribution in [-0.2, 0) is 57.2 Å². The van der Waals surface area contributed by atoms with Gasteiger partial charge in [0.25, 0.3) is 0 Å². The molecule has 0 N–H and O–H groups in total. The SMILES string of the molecule is CCC(=O)O[C@H](CC(=O)OCC(COC(=O)C[C@H](C[N+](C)(C)C)OC(=O)CC)OC(=O)C[C@H](C[N+](C)(C)C)OC(=O)CC)C[N+](C)(C)C. The van der Waals surface area contributed by atoms with Crippen molar-refractivity contribution in [3.63, 3.8) is 0 Å². The number of esters is 6. The fraction of sp³-hybridized carbons (Fsp3) is 0.818. The van der Waals surface area contributed by atoms with Crippen molar-refractivity contribution < 1.29 is 70.6 Å². The maximum atomic E-state index is 13.1. The second kappa shape index (κ2) is 20.9. The van der Waals surface area contributed by atoms with Crippen molar-refractivity contribution in [1.82, 2.24) is 0 Å². The van der Waals surface area contributed by atoms with Crippen molar-refractivity contribution in [2.45, 2.75) is 83.7 Å². The molecule has 15 heteroatoms. The Balaban J connectivity index is 5.82. The van der Waals surface area contributed by atoms with E-state index >= 15 is 0 Å². The molecule has 0 aromatic heterocycles. The first-order chi connectivity index (χ1) is 21.9. The summed E-state index contributed by atoms with van der Waals surface area (Å²) in [5.74, 6) is -3.56. The van der Waals surface area contributed by atoms with E-state index < -0.39 is 73.4 Å². The Labute approximate surface area is 286 Å². The van der Waals surface area contributed by atoms with E-state index in [2.05, 4.69) is 0 Å². The average Bonchev–Trinajstić information content (AvgIpc) is 2.91. The molecule has 0 bridgehead atoms. The van der Waals surface area contributed by atoms with E-state index in [1.807, 2.05) is 63.4 Å². The number of likely N-dealkylation sites (N-methyl/N-ethyl adjacent to an activating group) is 3. The molecule has 0 saturated heterocycles. The van der Waals surface area contributed by atoms with E-state index in [0.717, 1.165) is 0 Å². The lowest BCUT2D eigenvalue weighted by Crippen LogP contribution is -2.45. The van der Waals surface area contributed by atoms with Gasteiger partial charge in [0.2, 0.25) is 0 Å². The minimum absolute atomic E-state index is 0.128. The molecule has 0 radical (unpaired) electrons. The molecule has 0 spiro atoms. The van der Waals surface area contributed by atoms with Crippen molar-refractivity contribution in [3.05, 3.63) is 0 Å². The van der Waals surface area contributed by atoms with E-state index in [4.69, 9.17) is 28.4 Å². The smallest absolute Gasteiger partial charge is 0.310 e. The summed E-state index contributed by atoms with van der Waals surface area (Å²) in [4.78, 5) is 74.7. The molecule has 278 valence electrons. The van der Waals surface area contributed by atoms with Crippen LogP contribution < -0.4 is 0 Å². The van der Waals surface area contributed by atoms with Crippen LogP contribution in [0.2, 0.25) is 0 Å². The lowest BCUT2D eigenvalue weighted by Gasteiger charge is -2.29. The van der Waals surface area contributed by atoms with Gasteiger partial charge in [0.15, 0.2) is 24.4 Å². The quantitative estimate of drug-likeness (QED) is 0.0859. The number of carbonyl (C=O) groups is 6. The maximum absolute atomic E-state index is 13.1. The molecule has 15 nitrogen and oxygen atoms in total. The Bertz CT molecular complexity index is 1000. The zero-order valence-electron chi connectivity index (χ0n) is 31.3. The number of hydrogen-bond acceptors (Lipinski definition) is 12. The molecular weight excluding hydrogens is 630 g/mol. The third-order valence-corrected chi connectivity index (χ3v) is 6.36. The van der Waals surface area contributed by atoms with Crippen LogP contribution in [0.5, 0.6) is 0 Å². The molecule has 0 aromatic rings. The normalized spacial score (nSPS) is 13.9. The lowest BCUT2D eigenvalue weighted by atomic mass is 10.2. The van der Waals surface area contributed by atoms with Crippen molar-refractivity contribution >= 4 is 35.8 Å². The summed E-state index contributed by atoms with van der Waals surface area (Å²) in [6.07, 6.45) is -3.85. The number of nitrogens with zero attached hydrogens (tertiary/aromatic N) is 3. The second-order valence-corrected chi connectivity index (χ2v) is 14.9. The molecule has 0 aliphatic carbocycles. The Morgan fingerprint density at radius 3 is 0.896 bits per heavy atom. The summed E-state index contributed by atoms with van der Waals surface area (Å²) < 4.78 is 34.0. The minimum Gasteiger partial charge on any atom is -0.461 e. The molecule has 0 heterocycles. The third-order valence-electron chi connectivity index (χ3n) is 6.36. The van der Waals surface area contributed by atoms with Crippen molar-refractivity contribution in [2.75, 3.05) is 96.3 Å². The van der Waals surface area contributed by atoms with Gasteiger partial charge in [0.1, 0.15) is 32.8 Å². The summed E-state index contributed by atoms with van der Waals surface area (Å²) in [6.45, 7) is 5.04. The van der Waals surface area contributed by atoms with Crippen LogP contribution >= 0.6 is 0 Å². The molecular formula is C33H62N3O12+3. The Morgan fingerprint density at radius 2 is 0.646 bits per heavy atom. The highest BCUT2D eigenvalue weighted by atomic mass is 16.6. The van der Waals surface area contributed by atoms with Gasteiger partial charge in [-0.15, -0.1) is 0 Å². The predicted octanol–water partition coefficient (Wildman–Crippen LogP) is 1.24. The number of quaternary nitrogens is 3. The molecule has 0 saturated carbocycles. The van der Waals surface area contributed by atoms with Gasteiger partial charge in [0, 0.05) is 19.3 Å². The molecule has 48 heavy (non-hydrogen) atoms. The highest BCUT2D eigenvalue weighted by Crippen LogP contribution is 2.13. The van der Waals surface area contributed by atoms with Crippen molar-refractivity contribution in [3.8, 4) is 0 Å². The molecule has 0 aliphatic heterocycles. The third kappa shape index (κ3) is 23.9. The van der Waals surface area contributed by atoms with E-state index in [9.17, 15) is 28.8 Å². The first kappa shape index (κ1) is 44.7. The topological polar surface area (TPSA) is 158 Å². The first-order valence-electron chi connectivity index (χ1n) is 16.5. The van der Waals surface area contributed by atoms with Crippen LogP contribution in [-0.4, -0.2) is 170 Å². The number of carbonyl (C=O) groups excluding carboxylic acids is 6. The molecule has 3 atom stereocenters. The summed E-state index contributed by atoms with van der Waals surface area (Å²) >= 11 is 0. The highest BCUT2D eigenvalue weighted by molar-refractivity contribution is 5.74. The van der Waals surface area contributed by atoms with Crippen LogP contribution in [0.25, 0.3) is 0 Å². The van der Waals surface area contributed by atoms with Gasteiger partial charge in [-0.1, -0.05) is 20.8 Å². The van der Waals surface area contributed by atoms with Gasteiger partial charge >= 0.3 is 35.8 Å². The van der Waals surface area contributed by atoms with Crippen LogP contribution in [0.15, 0.2) is 0 Å². The fourth-order valence-corrected chi connectivity index (χ4v) is 4.47. The van der Waals surface area contributed by atoms with Gasteiger partial charge in [-0.3, -0.25) is 28.8 Å². The number of rotatable bonds is 23. The zero-order valence-corrected chi connectivity index (χ0v) is 31.3. The Hall–Kier alpha value is -3.30. The number of hydrogen-bond donors (Lipinski definition) is 0. The van der Waals surface area contributed by atoms with Gasteiger partial charge in [-0.25, -0.2) is 0 Å². The van der Waals surface area contributed by atoms with Gasteiger partial charge in [-0.05, 0) is 0 Å². The fourth-order valence-electron chi connectivity index (χ4n) is 4.47. The van der Waals surface area contributed by atoms with Gasteiger partial charge < -0.3 is 41.9 Å². The zero-order chi connectivity index (χ0) is 37.3. The standard InChI is InChI=1S/C33H62N3O12/c1-13-28(37)45-24(19-34(4,5)6)16-31(40)43-22-27(48-33(42)18-26(21-36(10,11)12)47-30(39)15-3)23-44-32(41)17-25(20-35(7,8)9)46-29(38)14-2/h24-27H,13-23H2,1-12H3/q+3/t24-,25-,26-/m1/s1. The van der Waals surface area contributed by atoms with E-state index in [0.29, 0.717) is 33.1 Å². The van der Waals surface area contributed by atoms with Gasteiger partial charge in [0.05, 0.1) is 82.7 Å². The van der Waals surface area contributed by atoms with Gasteiger partial charge in [-0.2, -0.15) is 0 Å². The van der Waals surface area contributed by atoms with E-state index in [1.165, 1.54) is 0 Å². The lowest BCUT2D eigenvalue weighted by molar-refractivity contribution is -0.873. The first-order valence-corrected chi connectivity index (χ1v) is 16.5. The van der Waals surface area contributed by atoms with Crippen molar-refractivity contribution in [1.29, 1.82) is 0 Å². The molecule has 0 unspecified atom stereocenters. The van der Waals surface area contributed by atoms with Crippen molar-refractivity contribution in [2.24, 2.45) is 0 Å². The second-order valence-electron chi connectivity index (χ2n) is 14.9. The molecule has 0 aromatic carbocycles. The molecule has 0 fully saturated rings.